The van der Waals surface area contributed by atoms with Crippen molar-refractivity contribution >= 4 is 5.91 Å². The molecule has 1 aromatic carbocycles. The summed E-state index contributed by atoms with van der Waals surface area (Å²) in [6.45, 7) is 3.67. The van der Waals surface area contributed by atoms with Crippen LogP contribution in [0, 0.1) is 5.92 Å². The van der Waals surface area contributed by atoms with Crippen LogP contribution in [-0.2, 0) is 9.53 Å². The van der Waals surface area contributed by atoms with Crippen LogP contribution in [0.4, 0.5) is 0 Å². The van der Waals surface area contributed by atoms with Gasteiger partial charge in [0.05, 0.1) is 32.4 Å². The average molecular weight is 347 g/mol. The van der Waals surface area contributed by atoms with Gasteiger partial charge in [-0.15, -0.1) is 0 Å². The average Bonchev–Trinajstić information content (AvgIpc) is 3.45. The lowest BCUT2D eigenvalue weighted by Gasteiger charge is -2.30. The number of hydrogen-bond acceptors (Lipinski definition) is 5. The summed E-state index contributed by atoms with van der Waals surface area (Å²) in [6.07, 6.45) is 2.51. The first-order valence-electron chi connectivity index (χ1n) is 9.10. The number of benzene rings is 1. The lowest BCUT2D eigenvalue weighted by atomic mass is 10.0. The summed E-state index contributed by atoms with van der Waals surface area (Å²) in [5.74, 6) is 1.42. The quantitative estimate of drug-likeness (QED) is 0.739. The van der Waals surface area contributed by atoms with Gasteiger partial charge in [-0.3, -0.25) is 4.79 Å². The third-order valence-electron chi connectivity index (χ3n) is 4.88. The second kappa shape index (κ2) is 8.65. The first-order valence-corrected chi connectivity index (χ1v) is 9.10. The van der Waals surface area contributed by atoms with Crippen molar-refractivity contribution in [2.24, 2.45) is 5.92 Å². The lowest BCUT2D eigenvalue weighted by molar-refractivity contribution is -0.121. The van der Waals surface area contributed by atoms with Crippen LogP contribution in [-0.4, -0.2) is 63.9 Å². The maximum Gasteiger partial charge on any atom is 0.234 e. The molecule has 6 nitrogen and oxygen atoms in total. The van der Waals surface area contributed by atoms with E-state index >= 15 is 0 Å². The largest absolute Gasteiger partial charge is 0.497 e. The van der Waals surface area contributed by atoms with Crippen LogP contribution in [0.5, 0.6) is 5.75 Å². The Morgan fingerprint density at radius 3 is 2.76 bits per heavy atom. The van der Waals surface area contributed by atoms with Crippen molar-refractivity contribution in [1.29, 1.82) is 0 Å². The highest BCUT2D eigenvalue weighted by atomic mass is 16.5. The minimum absolute atomic E-state index is 0.0388. The van der Waals surface area contributed by atoms with E-state index in [1.807, 2.05) is 24.3 Å². The minimum Gasteiger partial charge on any atom is -0.497 e. The van der Waals surface area contributed by atoms with Gasteiger partial charge in [-0.2, -0.15) is 0 Å². The molecule has 0 radical (unpaired) electrons. The molecule has 138 valence electrons. The molecule has 1 aliphatic carbocycles. The van der Waals surface area contributed by atoms with E-state index in [1.165, 1.54) is 12.8 Å². The molecule has 1 heterocycles. The number of methoxy groups -OCH3 is 1. The van der Waals surface area contributed by atoms with Crippen LogP contribution < -0.4 is 15.4 Å². The Hall–Kier alpha value is -1.63. The number of nitrogens with zero attached hydrogens (tertiary/aromatic N) is 1. The highest BCUT2D eigenvalue weighted by molar-refractivity contribution is 5.78. The Balaban J connectivity index is 1.46. The second-order valence-corrected chi connectivity index (χ2v) is 7.04. The normalized spacial score (nSPS) is 22.4. The Labute approximate surface area is 149 Å². The van der Waals surface area contributed by atoms with Gasteiger partial charge in [0.25, 0.3) is 0 Å². The van der Waals surface area contributed by atoms with Crippen molar-refractivity contribution in [1.82, 2.24) is 15.5 Å². The van der Waals surface area contributed by atoms with E-state index in [2.05, 4.69) is 22.6 Å². The number of morpholine rings is 1. The van der Waals surface area contributed by atoms with Crippen molar-refractivity contribution in [3.05, 3.63) is 29.8 Å². The molecule has 1 saturated heterocycles. The maximum absolute atomic E-state index is 12.3. The molecule has 0 unspecified atom stereocenters. The molecule has 1 amide bonds. The summed E-state index contributed by atoms with van der Waals surface area (Å²) in [5.41, 5.74) is 1.15. The van der Waals surface area contributed by atoms with Gasteiger partial charge in [0.1, 0.15) is 5.75 Å². The van der Waals surface area contributed by atoms with Crippen LogP contribution >= 0.6 is 0 Å². The minimum atomic E-state index is 0.0388. The molecule has 3 rings (SSSR count). The van der Waals surface area contributed by atoms with Gasteiger partial charge in [0, 0.05) is 19.6 Å². The van der Waals surface area contributed by atoms with Gasteiger partial charge >= 0.3 is 0 Å². The highest BCUT2D eigenvalue weighted by Gasteiger charge is 2.33. The second-order valence-electron chi connectivity index (χ2n) is 7.04. The fraction of sp³-hybridized carbons (Fsp3) is 0.632. The zero-order chi connectivity index (χ0) is 17.6. The van der Waals surface area contributed by atoms with Crippen molar-refractivity contribution in [2.45, 2.75) is 25.0 Å². The smallest absolute Gasteiger partial charge is 0.234 e. The Kier molecular flexibility index (Phi) is 6.29. The van der Waals surface area contributed by atoms with Crippen molar-refractivity contribution in [3.8, 4) is 5.75 Å². The summed E-state index contributed by atoms with van der Waals surface area (Å²) in [5, 5.41) is 6.41. The summed E-state index contributed by atoms with van der Waals surface area (Å²) < 4.78 is 10.9. The molecule has 0 bridgehead atoms. The van der Waals surface area contributed by atoms with Crippen LogP contribution in [0.25, 0.3) is 0 Å². The first-order chi connectivity index (χ1) is 12.2. The van der Waals surface area contributed by atoms with E-state index in [0.29, 0.717) is 19.0 Å². The van der Waals surface area contributed by atoms with Crippen molar-refractivity contribution in [3.63, 3.8) is 0 Å². The SMILES string of the molecule is COc1ccc([C@@H](NC(=O)CNC[C@@H]2CN(C)CCO2)C2CC2)cc1. The van der Waals surface area contributed by atoms with E-state index in [-0.39, 0.29) is 18.1 Å². The summed E-state index contributed by atoms with van der Waals surface area (Å²) >= 11 is 0. The van der Waals surface area contributed by atoms with Crippen molar-refractivity contribution in [2.75, 3.05) is 46.9 Å². The molecule has 2 aliphatic rings. The Bertz CT molecular complexity index is 560. The molecule has 1 aliphatic heterocycles. The molecule has 2 N–H and O–H groups in total. The van der Waals surface area contributed by atoms with Crippen LogP contribution in [0.3, 0.4) is 0 Å². The number of ether oxygens (including phenoxy) is 2. The number of likely N-dealkylation sites (N-methyl/N-ethyl adjacent to an activating group) is 1. The summed E-state index contributed by atoms with van der Waals surface area (Å²) in [6, 6.07) is 8.08. The number of carbonyl (C=O) groups excluding carboxylic acids is 1. The molecule has 1 saturated carbocycles. The number of nitrogens with one attached hydrogen (secondary N) is 2. The zero-order valence-electron chi connectivity index (χ0n) is 15.2. The predicted molar refractivity (Wildman–Crippen MR) is 96.7 cm³/mol. The van der Waals surface area contributed by atoms with Gasteiger partial charge in [0.2, 0.25) is 5.91 Å². The van der Waals surface area contributed by atoms with E-state index in [9.17, 15) is 4.79 Å². The molecule has 2 atom stereocenters. The zero-order valence-corrected chi connectivity index (χ0v) is 15.2. The Morgan fingerprint density at radius 1 is 1.36 bits per heavy atom. The predicted octanol–water partition coefficient (Wildman–Crippen LogP) is 1.18. The third kappa shape index (κ3) is 5.42. The van der Waals surface area contributed by atoms with Gasteiger partial charge in [-0.05, 0) is 43.5 Å². The molecule has 0 aromatic heterocycles. The molecule has 6 heteroatoms. The summed E-state index contributed by atoms with van der Waals surface area (Å²) in [7, 11) is 3.76. The molecule has 25 heavy (non-hydrogen) atoms. The number of amides is 1. The highest BCUT2D eigenvalue weighted by Crippen LogP contribution is 2.41. The van der Waals surface area contributed by atoms with Crippen LogP contribution in [0.15, 0.2) is 24.3 Å². The molecule has 2 fully saturated rings. The number of hydrogen-bond donors (Lipinski definition) is 2. The molecule has 1 aromatic rings. The lowest BCUT2D eigenvalue weighted by Crippen LogP contribution is -2.46. The molecular formula is C19H29N3O3. The van der Waals surface area contributed by atoms with Crippen LogP contribution in [0.2, 0.25) is 0 Å². The van der Waals surface area contributed by atoms with E-state index < -0.39 is 0 Å². The van der Waals surface area contributed by atoms with E-state index in [1.54, 1.807) is 7.11 Å². The van der Waals surface area contributed by atoms with E-state index in [4.69, 9.17) is 9.47 Å². The fourth-order valence-electron chi connectivity index (χ4n) is 3.28. The number of carbonyl (C=O) groups is 1. The monoisotopic (exact) mass is 347 g/mol. The third-order valence-corrected chi connectivity index (χ3v) is 4.88. The van der Waals surface area contributed by atoms with Gasteiger partial charge in [0.15, 0.2) is 0 Å². The van der Waals surface area contributed by atoms with Crippen LogP contribution in [0.1, 0.15) is 24.4 Å². The van der Waals surface area contributed by atoms with Crippen molar-refractivity contribution < 1.29 is 14.3 Å². The molecular weight excluding hydrogens is 318 g/mol. The van der Waals surface area contributed by atoms with Gasteiger partial charge in [-0.1, -0.05) is 12.1 Å². The van der Waals surface area contributed by atoms with E-state index in [0.717, 1.165) is 31.0 Å². The number of rotatable bonds is 8. The maximum atomic E-state index is 12.3. The summed E-state index contributed by atoms with van der Waals surface area (Å²) in [4.78, 5) is 14.6. The van der Waals surface area contributed by atoms with Gasteiger partial charge < -0.3 is 25.0 Å². The first kappa shape index (κ1) is 18.2. The van der Waals surface area contributed by atoms with Gasteiger partial charge in [-0.25, -0.2) is 0 Å². The molecule has 0 spiro atoms. The topological polar surface area (TPSA) is 62.8 Å². The fourth-order valence-corrected chi connectivity index (χ4v) is 3.28. The Morgan fingerprint density at radius 2 is 2.12 bits per heavy atom. The standard InChI is InChI=1S/C19H29N3O3/c1-22-9-10-25-17(13-22)11-20-12-18(23)21-19(14-3-4-14)15-5-7-16(24-2)8-6-15/h5-8,14,17,19-20H,3-4,9-13H2,1-2H3,(H,21,23)/t17-,19+/m1/s1.